The van der Waals surface area contributed by atoms with Crippen molar-refractivity contribution < 1.29 is 0 Å². The topological polar surface area (TPSA) is 3.24 Å². The second-order valence-electron chi connectivity index (χ2n) is 3.68. The van der Waals surface area contributed by atoms with Gasteiger partial charge < -0.3 is 4.90 Å². The molecule has 1 rings (SSSR count). The number of hydrogen-bond donors (Lipinski definition) is 1. The van der Waals surface area contributed by atoms with Crippen molar-refractivity contribution in [2.24, 2.45) is 0 Å². The summed E-state index contributed by atoms with van der Waals surface area (Å²) < 4.78 is 0. The lowest BCUT2D eigenvalue weighted by Crippen LogP contribution is -2.26. The molecular weight excluding hydrogens is 178 g/mol. The van der Waals surface area contributed by atoms with Gasteiger partial charge in [0.15, 0.2) is 0 Å². The van der Waals surface area contributed by atoms with Crippen LogP contribution in [0.2, 0.25) is 0 Å². The summed E-state index contributed by atoms with van der Waals surface area (Å²) in [5.41, 5.74) is 1.37. The van der Waals surface area contributed by atoms with E-state index in [9.17, 15) is 0 Å². The highest BCUT2D eigenvalue weighted by molar-refractivity contribution is 7.80. The van der Waals surface area contributed by atoms with Crippen LogP contribution in [0, 0.1) is 0 Å². The molecule has 0 unspecified atom stereocenters. The van der Waals surface area contributed by atoms with Gasteiger partial charge in [-0.15, -0.1) is 12.6 Å². The Hall–Kier alpha value is -0.470. The van der Waals surface area contributed by atoms with E-state index in [0.717, 1.165) is 11.3 Å². The zero-order chi connectivity index (χ0) is 9.84. The van der Waals surface area contributed by atoms with Gasteiger partial charge in [-0.05, 0) is 45.1 Å². The maximum atomic E-state index is 4.25. The minimum absolute atomic E-state index is 0.589. The average molecular weight is 195 g/mol. The van der Waals surface area contributed by atoms with Gasteiger partial charge in [0.1, 0.15) is 0 Å². The number of rotatable bonds is 3. The SMILES string of the molecule is C[C@H](Cc1ccc(S)cc1)N(C)C. The van der Waals surface area contributed by atoms with Crippen LogP contribution < -0.4 is 0 Å². The van der Waals surface area contributed by atoms with Crippen molar-refractivity contribution in [1.82, 2.24) is 4.90 Å². The first-order valence-corrected chi connectivity index (χ1v) is 4.98. The van der Waals surface area contributed by atoms with Crippen LogP contribution in [-0.2, 0) is 6.42 Å². The number of nitrogens with zero attached hydrogens (tertiary/aromatic N) is 1. The van der Waals surface area contributed by atoms with E-state index in [1.807, 2.05) is 12.1 Å². The molecule has 0 radical (unpaired) electrons. The minimum atomic E-state index is 0.589. The summed E-state index contributed by atoms with van der Waals surface area (Å²) in [5, 5.41) is 0. The molecule has 0 saturated carbocycles. The Morgan fingerprint density at radius 3 is 2.23 bits per heavy atom. The molecule has 0 aliphatic heterocycles. The number of benzene rings is 1. The van der Waals surface area contributed by atoms with Crippen molar-refractivity contribution in [3.63, 3.8) is 0 Å². The highest BCUT2D eigenvalue weighted by atomic mass is 32.1. The predicted octanol–water partition coefficient (Wildman–Crippen LogP) is 2.47. The van der Waals surface area contributed by atoms with E-state index < -0.39 is 0 Å². The van der Waals surface area contributed by atoms with Gasteiger partial charge in [-0.25, -0.2) is 0 Å². The molecule has 0 amide bonds. The second-order valence-corrected chi connectivity index (χ2v) is 4.20. The van der Waals surface area contributed by atoms with Crippen LogP contribution in [0.4, 0.5) is 0 Å². The van der Waals surface area contributed by atoms with E-state index in [4.69, 9.17) is 0 Å². The van der Waals surface area contributed by atoms with Crippen LogP contribution in [0.25, 0.3) is 0 Å². The van der Waals surface area contributed by atoms with Gasteiger partial charge in [0.25, 0.3) is 0 Å². The summed E-state index contributed by atoms with van der Waals surface area (Å²) in [6.45, 7) is 2.23. The Bertz CT molecular complexity index is 253. The number of hydrogen-bond acceptors (Lipinski definition) is 2. The van der Waals surface area contributed by atoms with E-state index in [2.05, 4.69) is 50.7 Å². The fraction of sp³-hybridized carbons (Fsp3) is 0.455. The Balaban J connectivity index is 2.59. The van der Waals surface area contributed by atoms with E-state index in [0.29, 0.717) is 6.04 Å². The maximum Gasteiger partial charge on any atom is 0.0101 e. The first-order chi connectivity index (χ1) is 6.09. The van der Waals surface area contributed by atoms with Crippen LogP contribution in [-0.4, -0.2) is 25.0 Å². The zero-order valence-electron chi connectivity index (χ0n) is 8.49. The summed E-state index contributed by atoms with van der Waals surface area (Å²) in [7, 11) is 4.22. The average Bonchev–Trinajstić information content (AvgIpc) is 2.08. The normalized spacial score (nSPS) is 13.3. The third-order valence-corrected chi connectivity index (χ3v) is 2.65. The molecule has 0 aliphatic carbocycles. The van der Waals surface area contributed by atoms with E-state index in [1.165, 1.54) is 5.56 Å². The molecule has 0 heterocycles. The van der Waals surface area contributed by atoms with Crippen LogP contribution in [0.15, 0.2) is 29.2 Å². The van der Waals surface area contributed by atoms with Crippen LogP contribution >= 0.6 is 12.6 Å². The quantitative estimate of drug-likeness (QED) is 0.725. The lowest BCUT2D eigenvalue weighted by Gasteiger charge is -2.19. The molecule has 0 aromatic heterocycles. The first kappa shape index (κ1) is 10.6. The molecule has 0 fully saturated rings. The van der Waals surface area contributed by atoms with Gasteiger partial charge in [-0.1, -0.05) is 12.1 Å². The lowest BCUT2D eigenvalue weighted by atomic mass is 10.1. The van der Waals surface area contributed by atoms with E-state index in [1.54, 1.807) is 0 Å². The van der Waals surface area contributed by atoms with Crippen LogP contribution in [0.3, 0.4) is 0 Å². The molecule has 1 atom stereocenters. The van der Waals surface area contributed by atoms with Crippen LogP contribution in [0.5, 0.6) is 0 Å². The maximum absolute atomic E-state index is 4.25. The van der Waals surface area contributed by atoms with E-state index >= 15 is 0 Å². The largest absolute Gasteiger partial charge is 0.306 e. The van der Waals surface area contributed by atoms with E-state index in [-0.39, 0.29) is 0 Å². The second kappa shape index (κ2) is 4.68. The molecule has 72 valence electrons. The number of thiol groups is 1. The third kappa shape index (κ3) is 3.41. The van der Waals surface area contributed by atoms with Crippen molar-refractivity contribution >= 4 is 12.6 Å². The summed E-state index contributed by atoms with van der Waals surface area (Å²) in [4.78, 5) is 3.26. The van der Waals surface area contributed by atoms with Crippen molar-refractivity contribution in [3.8, 4) is 0 Å². The summed E-state index contributed by atoms with van der Waals surface area (Å²) in [5.74, 6) is 0. The fourth-order valence-corrected chi connectivity index (χ4v) is 1.30. The van der Waals surface area contributed by atoms with Gasteiger partial charge in [0.05, 0.1) is 0 Å². The lowest BCUT2D eigenvalue weighted by molar-refractivity contribution is 0.312. The Morgan fingerprint density at radius 2 is 1.77 bits per heavy atom. The molecule has 1 nitrogen and oxygen atoms in total. The molecule has 0 saturated heterocycles. The third-order valence-electron chi connectivity index (χ3n) is 2.35. The molecular formula is C11H17NS. The summed E-state index contributed by atoms with van der Waals surface area (Å²) in [6, 6.07) is 8.96. The van der Waals surface area contributed by atoms with Gasteiger partial charge in [0.2, 0.25) is 0 Å². The standard InChI is InChI=1S/C11H17NS/c1-9(12(2)3)8-10-4-6-11(13)7-5-10/h4-7,9,13H,8H2,1-3H3/t9-/m1/s1. The van der Waals surface area contributed by atoms with Crippen LogP contribution in [0.1, 0.15) is 12.5 Å². The zero-order valence-corrected chi connectivity index (χ0v) is 9.38. The molecule has 1 aromatic rings. The van der Waals surface area contributed by atoms with Gasteiger partial charge in [0, 0.05) is 10.9 Å². The van der Waals surface area contributed by atoms with Crippen molar-refractivity contribution in [1.29, 1.82) is 0 Å². The minimum Gasteiger partial charge on any atom is -0.306 e. The fourth-order valence-electron chi connectivity index (χ4n) is 1.16. The number of likely N-dealkylation sites (N-methyl/N-ethyl adjacent to an activating group) is 1. The van der Waals surface area contributed by atoms with Crippen molar-refractivity contribution in [2.75, 3.05) is 14.1 Å². The smallest absolute Gasteiger partial charge is 0.0101 e. The summed E-state index contributed by atoms with van der Waals surface area (Å²) in [6.07, 6.45) is 1.10. The Morgan fingerprint density at radius 1 is 1.23 bits per heavy atom. The molecule has 13 heavy (non-hydrogen) atoms. The van der Waals surface area contributed by atoms with Gasteiger partial charge >= 0.3 is 0 Å². The first-order valence-electron chi connectivity index (χ1n) is 4.54. The van der Waals surface area contributed by atoms with Gasteiger partial charge in [-0.2, -0.15) is 0 Å². The molecule has 0 spiro atoms. The molecule has 0 N–H and O–H groups in total. The summed E-state index contributed by atoms with van der Waals surface area (Å²) >= 11 is 4.25. The highest BCUT2D eigenvalue weighted by Gasteiger charge is 2.04. The molecule has 1 aromatic carbocycles. The molecule has 2 heteroatoms. The monoisotopic (exact) mass is 195 g/mol. The molecule has 0 bridgehead atoms. The van der Waals surface area contributed by atoms with Crippen molar-refractivity contribution in [2.45, 2.75) is 24.3 Å². The molecule has 0 aliphatic rings. The highest BCUT2D eigenvalue weighted by Crippen LogP contribution is 2.10. The predicted molar refractivity (Wildman–Crippen MR) is 60.5 cm³/mol. The van der Waals surface area contributed by atoms with Crippen molar-refractivity contribution in [3.05, 3.63) is 29.8 Å². The van der Waals surface area contributed by atoms with Gasteiger partial charge in [-0.3, -0.25) is 0 Å². The Kier molecular flexibility index (Phi) is 3.82. The Labute approximate surface area is 86.2 Å².